The lowest BCUT2D eigenvalue weighted by Gasteiger charge is -2.33. The van der Waals surface area contributed by atoms with Gasteiger partial charge in [-0.05, 0) is 49.2 Å². The molecule has 1 aliphatic heterocycles. The van der Waals surface area contributed by atoms with Gasteiger partial charge in [-0.2, -0.15) is 0 Å². The van der Waals surface area contributed by atoms with Crippen molar-refractivity contribution in [1.29, 1.82) is 0 Å². The molecule has 156 valence electrons. The van der Waals surface area contributed by atoms with Crippen LogP contribution in [0.2, 0.25) is 0 Å². The third-order valence-electron chi connectivity index (χ3n) is 5.72. The molecule has 31 heavy (non-hydrogen) atoms. The molecule has 5 rings (SSSR count). The summed E-state index contributed by atoms with van der Waals surface area (Å²) < 4.78 is 15.7. The summed E-state index contributed by atoms with van der Waals surface area (Å²) in [5, 5.41) is 0. The minimum Gasteiger partial charge on any atom is -0.326 e. The number of rotatable bonds is 5. The van der Waals surface area contributed by atoms with Crippen LogP contribution in [-0.4, -0.2) is 47.5 Å². The monoisotopic (exact) mass is 415 g/mol. The normalized spacial score (nSPS) is 15.3. The average Bonchev–Trinajstić information content (AvgIpc) is 3.26. The van der Waals surface area contributed by atoms with Crippen molar-refractivity contribution < 1.29 is 4.39 Å². The van der Waals surface area contributed by atoms with Gasteiger partial charge in [0.05, 0.1) is 29.1 Å². The van der Waals surface area contributed by atoms with Gasteiger partial charge in [-0.3, -0.25) is 4.90 Å². The highest BCUT2D eigenvalue weighted by Crippen LogP contribution is 2.35. The number of likely N-dealkylation sites (tertiary alicyclic amines) is 1. The summed E-state index contributed by atoms with van der Waals surface area (Å²) >= 11 is 0. The summed E-state index contributed by atoms with van der Waals surface area (Å²) in [7, 11) is 0. The summed E-state index contributed by atoms with van der Waals surface area (Å²) in [5.74, 6) is -0.261. The smallest absolute Gasteiger partial charge is 0.123 e. The lowest BCUT2D eigenvalue weighted by atomic mass is 10.0. The Hall–Kier alpha value is -3.52. The van der Waals surface area contributed by atoms with Gasteiger partial charge in [-0.1, -0.05) is 0 Å². The number of nitrogens with zero attached hydrogens (tertiary/aromatic N) is 7. The van der Waals surface area contributed by atoms with Crippen molar-refractivity contribution in [1.82, 2.24) is 34.4 Å². The molecule has 0 N–H and O–H groups in total. The van der Waals surface area contributed by atoms with Crippen molar-refractivity contribution in [3.8, 4) is 22.6 Å². The molecule has 0 radical (unpaired) electrons. The molecular weight excluding hydrogens is 393 g/mol. The molecule has 0 aliphatic carbocycles. The fourth-order valence-corrected chi connectivity index (χ4v) is 4.14. The maximum absolute atomic E-state index is 13.5. The van der Waals surface area contributed by atoms with Gasteiger partial charge in [0.15, 0.2) is 0 Å². The highest BCUT2D eigenvalue weighted by Gasteiger charge is 2.25. The SMILES string of the molecule is Fc1ccc(-c2ncn(C3CCN(Cc4ccncn4)CC3)c2-c2ccncn2)cc1. The zero-order valence-corrected chi connectivity index (χ0v) is 17.0. The van der Waals surface area contributed by atoms with Crippen molar-refractivity contribution in [2.24, 2.45) is 0 Å². The van der Waals surface area contributed by atoms with Gasteiger partial charge in [-0.15, -0.1) is 0 Å². The van der Waals surface area contributed by atoms with Crippen LogP contribution in [0.5, 0.6) is 0 Å². The minimum atomic E-state index is -0.261. The number of imidazole rings is 1. The number of piperidine rings is 1. The summed E-state index contributed by atoms with van der Waals surface area (Å²) in [6.45, 7) is 2.78. The third-order valence-corrected chi connectivity index (χ3v) is 5.72. The van der Waals surface area contributed by atoms with Crippen LogP contribution in [0.15, 0.2) is 67.8 Å². The van der Waals surface area contributed by atoms with E-state index in [4.69, 9.17) is 4.98 Å². The first kappa shape index (κ1) is 19.4. The Kier molecular flexibility index (Phi) is 5.45. The molecule has 0 unspecified atom stereocenters. The van der Waals surface area contributed by atoms with Gasteiger partial charge in [0.1, 0.15) is 18.5 Å². The standard InChI is InChI=1S/C23H22FN7/c24-18-3-1-17(2-4-18)22-23(21-6-10-26-15-28-21)31(16-29-22)20-7-11-30(12-8-20)13-19-5-9-25-14-27-19/h1-6,9-10,14-16,20H,7-8,11-13H2. The second-order valence-corrected chi connectivity index (χ2v) is 7.66. The van der Waals surface area contributed by atoms with Gasteiger partial charge in [0.2, 0.25) is 0 Å². The van der Waals surface area contributed by atoms with Crippen LogP contribution in [0, 0.1) is 5.82 Å². The fourth-order valence-electron chi connectivity index (χ4n) is 4.14. The molecule has 1 saturated heterocycles. The summed E-state index contributed by atoms with van der Waals surface area (Å²) in [6.07, 6.45) is 10.6. The lowest BCUT2D eigenvalue weighted by molar-refractivity contribution is 0.178. The van der Waals surface area contributed by atoms with E-state index in [2.05, 4.69) is 29.4 Å². The highest BCUT2D eigenvalue weighted by atomic mass is 19.1. The molecule has 0 saturated carbocycles. The predicted molar refractivity (Wildman–Crippen MR) is 114 cm³/mol. The van der Waals surface area contributed by atoms with Crippen LogP contribution in [0.25, 0.3) is 22.6 Å². The zero-order chi connectivity index (χ0) is 21.0. The number of hydrogen-bond acceptors (Lipinski definition) is 6. The van der Waals surface area contributed by atoms with Crippen molar-refractivity contribution in [2.75, 3.05) is 13.1 Å². The summed E-state index contributed by atoms with van der Waals surface area (Å²) in [5.41, 5.74) is 4.48. The molecule has 0 spiro atoms. The molecule has 3 aromatic heterocycles. The minimum absolute atomic E-state index is 0.261. The molecule has 0 atom stereocenters. The van der Waals surface area contributed by atoms with Crippen molar-refractivity contribution >= 4 is 0 Å². The topological polar surface area (TPSA) is 72.6 Å². The van der Waals surface area contributed by atoms with Crippen molar-refractivity contribution in [3.05, 3.63) is 79.3 Å². The Bertz CT molecular complexity index is 1120. The molecule has 0 bridgehead atoms. The van der Waals surface area contributed by atoms with Gasteiger partial charge in [-0.25, -0.2) is 29.3 Å². The van der Waals surface area contributed by atoms with Gasteiger partial charge in [0, 0.05) is 43.6 Å². The molecule has 0 amide bonds. The Balaban J connectivity index is 1.41. The molecule has 7 nitrogen and oxygen atoms in total. The van der Waals surface area contributed by atoms with E-state index in [0.717, 1.165) is 60.8 Å². The van der Waals surface area contributed by atoms with E-state index >= 15 is 0 Å². The first-order valence-electron chi connectivity index (χ1n) is 10.3. The number of aromatic nitrogens is 6. The van der Waals surface area contributed by atoms with E-state index in [9.17, 15) is 4.39 Å². The second-order valence-electron chi connectivity index (χ2n) is 7.66. The third kappa shape index (κ3) is 4.20. The summed E-state index contributed by atoms with van der Waals surface area (Å²) in [4.78, 5) is 24.0. The first-order valence-corrected chi connectivity index (χ1v) is 10.3. The van der Waals surface area contributed by atoms with Gasteiger partial charge < -0.3 is 4.57 Å². The van der Waals surface area contributed by atoms with Gasteiger partial charge in [0.25, 0.3) is 0 Å². The van der Waals surface area contributed by atoms with Crippen molar-refractivity contribution in [3.63, 3.8) is 0 Å². The predicted octanol–water partition coefficient (Wildman–Crippen LogP) is 3.77. The average molecular weight is 415 g/mol. The number of halogens is 1. The van der Waals surface area contributed by atoms with Crippen LogP contribution in [-0.2, 0) is 6.54 Å². The quantitative estimate of drug-likeness (QED) is 0.494. The van der Waals surface area contributed by atoms with Crippen LogP contribution < -0.4 is 0 Å². The lowest BCUT2D eigenvalue weighted by Crippen LogP contribution is -2.34. The van der Waals surface area contributed by atoms with E-state index in [1.807, 2.05) is 18.5 Å². The second kappa shape index (κ2) is 8.69. The molecule has 1 fully saturated rings. The van der Waals surface area contributed by atoms with E-state index in [1.54, 1.807) is 37.2 Å². The van der Waals surface area contributed by atoms with E-state index in [-0.39, 0.29) is 5.82 Å². The van der Waals surface area contributed by atoms with Crippen LogP contribution in [0.1, 0.15) is 24.6 Å². The molecule has 8 heteroatoms. The van der Waals surface area contributed by atoms with Crippen LogP contribution in [0.3, 0.4) is 0 Å². The molecule has 4 heterocycles. The zero-order valence-electron chi connectivity index (χ0n) is 17.0. The largest absolute Gasteiger partial charge is 0.326 e. The first-order chi connectivity index (χ1) is 15.3. The van der Waals surface area contributed by atoms with Crippen LogP contribution in [0.4, 0.5) is 4.39 Å². The maximum atomic E-state index is 13.5. The highest BCUT2D eigenvalue weighted by molar-refractivity contribution is 5.76. The van der Waals surface area contributed by atoms with E-state index < -0.39 is 0 Å². The molecule has 4 aromatic rings. The number of hydrogen-bond donors (Lipinski definition) is 0. The molecule has 1 aromatic carbocycles. The Morgan fingerprint density at radius 2 is 1.61 bits per heavy atom. The number of benzene rings is 1. The molecular formula is C23H22FN7. The Morgan fingerprint density at radius 3 is 2.29 bits per heavy atom. The van der Waals surface area contributed by atoms with Crippen LogP contribution >= 0.6 is 0 Å². The van der Waals surface area contributed by atoms with E-state index in [1.165, 1.54) is 12.1 Å². The summed E-state index contributed by atoms with van der Waals surface area (Å²) in [6, 6.07) is 10.6. The van der Waals surface area contributed by atoms with Gasteiger partial charge >= 0.3 is 0 Å². The Morgan fingerprint density at radius 1 is 0.871 bits per heavy atom. The fraction of sp³-hybridized carbons (Fsp3) is 0.261. The molecule has 1 aliphatic rings. The Labute approximate surface area is 179 Å². The van der Waals surface area contributed by atoms with Crippen molar-refractivity contribution in [2.45, 2.75) is 25.4 Å². The van der Waals surface area contributed by atoms with E-state index in [0.29, 0.717) is 6.04 Å². The maximum Gasteiger partial charge on any atom is 0.123 e.